The average molecular weight is 221 g/mol. The molecule has 2 rings (SSSR count). The van der Waals surface area contributed by atoms with E-state index in [0.29, 0.717) is 0 Å². The third-order valence-corrected chi connectivity index (χ3v) is 3.65. The van der Waals surface area contributed by atoms with Crippen LogP contribution in [0, 0.1) is 0 Å². The molecule has 3 nitrogen and oxygen atoms in total. The first-order valence-electron chi connectivity index (χ1n) is 5.35. The van der Waals surface area contributed by atoms with E-state index in [1.54, 1.807) is 0 Å². The van der Waals surface area contributed by atoms with E-state index in [4.69, 9.17) is 0 Å². The van der Waals surface area contributed by atoms with Gasteiger partial charge in [-0.25, -0.2) is 0 Å². The number of hydrogen-bond donors (Lipinski definition) is 2. The van der Waals surface area contributed by atoms with Crippen molar-refractivity contribution in [1.82, 2.24) is 10.2 Å². The maximum absolute atomic E-state index is 9.99. The Morgan fingerprint density at radius 2 is 2.00 bits per heavy atom. The molecule has 0 bridgehead atoms. The topological polar surface area (TPSA) is 35.5 Å². The summed E-state index contributed by atoms with van der Waals surface area (Å²) in [5, 5.41) is 13.5. The van der Waals surface area contributed by atoms with Crippen molar-refractivity contribution in [3.63, 3.8) is 0 Å². The zero-order chi connectivity index (χ0) is 9.31. The summed E-state index contributed by atoms with van der Waals surface area (Å²) in [4.78, 5) is 2.34. The van der Waals surface area contributed by atoms with Crippen LogP contribution in [0.15, 0.2) is 0 Å². The van der Waals surface area contributed by atoms with Crippen molar-refractivity contribution >= 4 is 12.4 Å². The lowest BCUT2D eigenvalue weighted by atomic mass is 9.78. The first-order valence-corrected chi connectivity index (χ1v) is 5.35. The van der Waals surface area contributed by atoms with E-state index in [-0.39, 0.29) is 24.0 Å². The normalized spacial score (nSPS) is 32.6. The molecule has 0 aliphatic carbocycles. The molecule has 4 heteroatoms. The van der Waals surface area contributed by atoms with Gasteiger partial charge >= 0.3 is 0 Å². The van der Waals surface area contributed by atoms with Crippen LogP contribution < -0.4 is 5.32 Å². The summed E-state index contributed by atoms with van der Waals surface area (Å²) in [6.45, 7) is 3.31. The maximum atomic E-state index is 9.99. The van der Waals surface area contributed by atoms with Crippen LogP contribution in [0.1, 0.15) is 25.7 Å². The Bertz CT molecular complexity index is 181. The summed E-state index contributed by atoms with van der Waals surface area (Å²) in [6.07, 6.45) is 4.19. The van der Waals surface area contributed by atoms with Crippen LogP contribution in [0.25, 0.3) is 0 Å². The van der Waals surface area contributed by atoms with Gasteiger partial charge in [0.2, 0.25) is 0 Å². The van der Waals surface area contributed by atoms with Gasteiger partial charge < -0.3 is 15.3 Å². The molecule has 2 fully saturated rings. The molecule has 84 valence electrons. The molecule has 0 radical (unpaired) electrons. The van der Waals surface area contributed by atoms with Crippen LogP contribution in [0.4, 0.5) is 0 Å². The smallest absolute Gasteiger partial charge is 0.0723 e. The second-order valence-electron chi connectivity index (χ2n) is 4.54. The van der Waals surface area contributed by atoms with Crippen molar-refractivity contribution < 1.29 is 5.11 Å². The first-order chi connectivity index (χ1) is 6.23. The first kappa shape index (κ1) is 12.2. The molecule has 2 aliphatic heterocycles. The van der Waals surface area contributed by atoms with E-state index < -0.39 is 0 Å². The minimum atomic E-state index is -0.116. The molecule has 2 N–H and O–H groups in total. The molecule has 0 aromatic heterocycles. The van der Waals surface area contributed by atoms with E-state index in [1.807, 2.05) is 0 Å². The largest absolute Gasteiger partial charge is 0.391 e. The van der Waals surface area contributed by atoms with Gasteiger partial charge in [0.05, 0.1) is 6.10 Å². The highest BCUT2D eigenvalue weighted by molar-refractivity contribution is 5.85. The van der Waals surface area contributed by atoms with Crippen LogP contribution in [0.2, 0.25) is 0 Å². The van der Waals surface area contributed by atoms with Crippen LogP contribution in [0.5, 0.6) is 0 Å². The second-order valence-corrected chi connectivity index (χ2v) is 4.54. The van der Waals surface area contributed by atoms with E-state index in [0.717, 1.165) is 45.3 Å². The molecular formula is C10H21ClN2O. The fourth-order valence-corrected chi connectivity index (χ4v) is 2.55. The number of nitrogens with one attached hydrogen (secondary N) is 1. The van der Waals surface area contributed by atoms with E-state index in [1.165, 1.54) is 0 Å². The van der Waals surface area contributed by atoms with Crippen molar-refractivity contribution in [3.8, 4) is 0 Å². The molecule has 0 saturated carbocycles. The predicted molar refractivity (Wildman–Crippen MR) is 60.0 cm³/mol. The molecule has 0 aromatic rings. The Kier molecular flexibility index (Phi) is 4.19. The summed E-state index contributed by atoms with van der Waals surface area (Å²) in [6, 6.07) is 0. The van der Waals surface area contributed by atoms with Crippen LogP contribution >= 0.6 is 12.4 Å². The van der Waals surface area contributed by atoms with Crippen molar-refractivity contribution in [1.29, 1.82) is 0 Å². The lowest BCUT2D eigenvalue weighted by Gasteiger charge is -2.47. The third-order valence-electron chi connectivity index (χ3n) is 3.65. The van der Waals surface area contributed by atoms with Gasteiger partial charge in [-0.2, -0.15) is 0 Å². The minimum absolute atomic E-state index is 0. The molecular weight excluding hydrogens is 200 g/mol. The second kappa shape index (κ2) is 4.79. The standard InChI is InChI=1S/C10H20N2O.ClH/c1-12-7-4-10(5-8-12)9(13)3-2-6-11-10;/h9,11,13H,2-8H2,1H3;1H. The van der Waals surface area contributed by atoms with Crippen LogP contribution in [-0.4, -0.2) is 48.3 Å². The number of piperidine rings is 2. The van der Waals surface area contributed by atoms with Crippen molar-refractivity contribution in [2.75, 3.05) is 26.7 Å². The average Bonchev–Trinajstić information content (AvgIpc) is 2.15. The van der Waals surface area contributed by atoms with E-state index in [9.17, 15) is 5.11 Å². The zero-order valence-electron chi connectivity index (χ0n) is 8.83. The molecule has 0 amide bonds. The zero-order valence-corrected chi connectivity index (χ0v) is 9.65. The molecule has 2 heterocycles. The third kappa shape index (κ3) is 2.22. The molecule has 1 atom stereocenters. The van der Waals surface area contributed by atoms with Crippen molar-refractivity contribution in [3.05, 3.63) is 0 Å². The lowest BCUT2D eigenvalue weighted by molar-refractivity contribution is -0.00572. The fourth-order valence-electron chi connectivity index (χ4n) is 2.55. The highest BCUT2D eigenvalue weighted by atomic mass is 35.5. The van der Waals surface area contributed by atoms with Gasteiger partial charge in [0.1, 0.15) is 0 Å². The Morgan fingerprint density at radius 1 is 1.36 bits per heavy atom. The summed E-state index contributed by atoms with van der Waals surface area (Å²) >= 11 is 0. The SMILES string of the molecule is CN1CCC2(CC1)NCCCC2O.Cl. The van der Waals surface area contributed by atoms with Crippen molar-refractivity contribution in [2.24, 2.45) is 0 Å². The van der Waals surface area contributed by atoms with E-state index >= 15 is 0 Å². The number of likely N-dealkylation sites (tertiary alicyclic amines) is 1. The molecule has 14 heavy (non-hydrogen) atoms. The minimum Gasteiger partial charge on any atom is -0.391 e. The molecule has 2 saturated heterocycles. The lowest BCUT2D eigenvalue weighted by Crippen LogP contribution is -2.62. The summed E-state index contributed by atoms with van der Waals surface area (Å²) in [7, 11) is 2.15. The summed E-state index contributed by atoms with van der Waals surface area (Å²) < 4.78 is 0. The fraction of sp³-hybridized carbons (Fsp3) is 1.00. The number of aliphatic hydroxyl groups excluding tert-OH is 1. The van der Waals surface area contributed by atoms with Gasteiger partial charge in [-0.05, 0) is 52.4 Å². The van der Waals surface area contributed by atoms with Crippen molar-refractivity contribution in [2.45, 2.75) is 37.3 Å². The van der Waals surface area contributed by atoms with Gasteiger partial charge in [0.15, 0.2) is 0 Å². The Balaban J connectivity index is 0.000000980. The number of aliphatic hydroxyl groups is 1. The Labute approximate surface area is 92.3 Å². The van der Waals surface area contributed by atoms with Gasteiger partial charge in [0, 0.05) is 5.54 Å². The summed E-state index contributed by atoms with van der Waals surface area (Å²) in [5.41, 5.74) is 0.0603. The Hall–Kier alpha value is 0.170. The van der Waals surface area contributed by atoms with Gasteiger partial charge in [0.25, 0.3) is 0 Å². The maximum Gasteiger partial charge on any atom is 0.0723 e. The van der Waals surface area contributed by atoms with E-state index in [2.05, 4.69) is 17.3 Å². The highest BCUT2D eigenvalue weighted by Crippen LogP contribution is 2.30. The molecule has 1 spiro atoms. The quantitative estimate of drug-likeness (QED) is 0.628. The number of rotatable bonds is 0. The summed E-state index contributed by atoms with van der Waals surface area (Å²) in [5.74, 6) is 0. The van der Waals surface area contributed by atoms with Gasteiger partial charge in [-0.15, -0.1) is 12.4 Å². The number of nitrogens with zero attached hydrogens (tertiary/aromatic N) is 1. The number of hydrogen-bond acceptors (Lipinski definition) is 3. The van der Waals surface area contributed by atoms with Crippen LogP contribution in [0.3, 0.4) is 0 Å². The Morgan fingerprint density at radius 3 is 2.57 bits per heavy atom. The highest BCUT2D eigenvalue weighted by Gasteiger charge is 2.41. The molecule has 1 unspecified atom stereocenters. The molecule has 2 aliphatic rings. The predicted octanol–water partition coefficient (Wildman–Crippen LogP) is 0.617. The number of halogens is 1. The monoisotopic (exact) mass is 220 g/mol. The molecule has 0 aromatic carbocycles. The van der Waals surface area contributed by atoms with Gasteiger partial charge in [-0.1, -0.05) is 0 Å². The van der Waals surface area contributed by atoms with Crippen LogP contribution in [-0.2, 0) is 0 Å². The van der Waals surface area contributed by atoms with Gasteiger partial charge in [-0.3, -0.25) is 0 Å².